The van der Waals surface area contributed by atoms with Gasteiger partial charge in [0.2, 0.25) is 0 Å². The Balaban J connectivity index is 1.50. The molecule has 0 bridgehead atoms. The average Bonchev–Trinajstić information content (AvgIpc) is 3.03. The van der Waals surface area contributed by atoms with Crippen molar-refractivity contribution in [2.75, 3.05) is 0 Å². The third kappa shape index (κ3) is 6.92. The third-order valence-corrected chi connectivity index (χ3v) is 5.84. The fraction of sp³-hybridized carbons (Fsp3) is 0. The molecule has 0 amide bonds. The summed E-state index contributed by atoms with van der Waals surface area (Å²) in [6.45, 7) is 0. The first-order valence-electron chi connectivity index (χ1n) is 12.4. The van der Waals surface area contributed by atoms with Gasteiger partial charge in [-0.3, -0.25) is 9.97 Å². The molecule has 0 aliphatic heterocycles. The second kappa shape index (κ2) is 13.0. The number of aromatic nitrogens is 3. The summed E-state index contributed by atoms with van der Waals surface area (Å²) < 4.78 is 0. The molecule has 0 aliphatic rings. The standard InChI is InChI=1S/C31H22ClN7O2/c32-23-19-26(30(40)38-36-28(21-11-3-1-4-12-21)24-15-7-9-17-33-24)35-27(20-23)31(41)39-37-29(22-13-5-2-6-14-22)25-16-8-10-18-34-25/h1-20H,(H,38,40)(H,39,41)/p-2/b36-28-,37-29-. The molecule has 2 aromatic carbocycles. The van der Waals surface area contributed by atoms with E-state index >= 15 is 0 Å². The van der Waals surface area contributed by atoms with Crippen molar-refractivity contribution in [2.45, 2.75) is 0 Å². The van der Waals surface area contributed by atoms with Gasteiger partial charge in [-0.15, -0.1) is 10.2 Å². The molecule has 5 aromatic rings. The van der Waals surface area contributed by atoms with Gasteiger partial charge in [0.1, 0.15) is 11.4 Å². The lowest BCUT2D eigenvalue weighted by atomic mass is 10.1. The largest absolute Gasteiger partial charge is 0.856 e. The maximum Gasteiger partial charge on any atom is 0.118 e. The molecule has 5 rings (SSSR count). The van der Waals surface area contributed by atoms with E-state index in [1.165, 1.54) is 12.1 Å². The summed E-state index contributed by atoms with van der Waals surface area (Å²) in [5, 5.41) is 42.1. The summed E-state index contributed by atoms with van der Waals surface area (Å²) in [4.78, 5) is 12.8. The summed E-state index contributed by atoms with van der Waals surface area (Å²) in [5.74, 6) is -1.60. The van der Waals surface area contributed by atoms with E-state index in [0.717, 1.165) is 11.1 Å². The molecular formula is C31H20ClN7O2-2. The van der Waals surface area contributed by atoms with Crippen LogP contribution < -0.4 is 10.2 Å². The topological polar surface area (TPSA) is 134 Å². The lowest BCUT2D eigenvalue weighted by molar-refractivity contribution is -0.214. The minimum Gasteiger partial charge on any atom is -0.856 e. The fourth-order valence-electron chi connectivity index (χ4n) is 3.72. The zero-order valence-corrected chi connectivity index (χ0v) is 22.1. The Morgan fingerprint density at radius 3 is 1.32 bits per heavy atom. The third-order valence-electron chi connectivity index (χ3n) is 5.62. The molecule has 0 unspecified atom stereocenters. The Morgan fingerprint density at radius 2 is 0.927 bits per heavy atom. The lowest BCUT2D eigenvalue weighted by Gasteiger charge is -2.14. The van der Waals surface area contributed by atoms with Crippen molar-refractivity contribution in [1.29, 1.82) is 0 Å². The zero-order chi connectivity index (χ0) is 28.4. The van der Waals surface area contributed by atoms with Crippen molar-refractivity contribution in [2.24, 2.45) is 20.4 Å². The van der Waals surface area contributed by atoms with Crippen LogP contribution >= 0.6 is 11.6 Å². The minimum absolute atomic E-state index is 0.103. The molecule has 200 valence electrons. The second-order valence-corrected chi connectivity index (χ2v) is 8.86. The smallest absolute Gasteiger partial charge is 0.118 e. The fourth-order valence-corrected chi connectivity index (χ4v) is 3.93. The van der Waals surface area contributed by atoms with E-state index in [0.29, 0.717) is 22.8 Å². The number of rotatable bonds is 8. The molecule has 0 saturated heterocycles. The highest BCUT2D eigenvalue weighted by atomic mass is 35.5. The number of halogens is 1. The number of pyridine rings is 3. The van der Waals surface area contributed by atoms with Crippen LogP contribution in [0.3, 0.4) is 0 Å². The number of nitrogens with zero attached hydrogens (tertiary/aromatic N) is 7. The van der Waals surface area contributed by atoms with Crippen LogP contribution in [-0.4, -0.2) is 38.2 Å². The molecule has 0 radical (unpaired) electrons. The molecular weight excluding hydrogens is 538 g/mol. The number of benzene rings is 2. The van der Waals surface area contributed by atoms with Crippen LogP contribution in [0.2, 0.25) is 5.02 Å². The van der Waals surface area contributed by atoms with Crippen LogP contribution in [0.15, 0.2) is 142 Å². The highest BCUT2D eigenvalue weighted by Crippen LogP contribution is 2.14. The number of hydrogen-bond donors (Lipinski definition) is 0. The van der Waals surface area contributed by atoms with E-state index in [2.05, 4.69) is 35.4 Å². The Morgan fingerprint density at radius 1 is 0.512 bits per heavy atom. The van der Waals surface area contributed by atoms with Gasteiger partial charge in [-0.05, 0) is 36.4 Å². The van der Waals surface area contributed by atoms with Gasteiger partial charge in [0.15, 0.2) is 0 Å². The molecule has 3 aromatic heterocycles. The summed E-state index contributed by atoms with van der Waals surface area (Å²) in [5.41, 5.74) is 2.94. The Labute approximate surface area is 240 Å². The van der Waals surface area contributed by atoms with Crippen molar-refractivity contribution >= 4 is 34.8 Å². The number of hydrogen-bond acceptors (Lipinski definition) is 9. The van der Waals surface area contributed by atoms with Crippen molar-refractivity contribution in [3.05, 3.63) is 161 Å². The SMILES string of the molecule is [O-]C(=N/N=C(/c1ccccc1)c1ccccn1)c1cc(Cl)cc(C([O-])=N/N=C(/c2ccccc2)c2ccccn2)n1. The molecule has 41 heavy (non-hydrogen) atoms. The van der Waals surface area contributed by atoms with E-state index in [1.807, 2.05) is 72.8 Å². The van der Waals surface area contributed by atoms with E-state index in [9.17, 15) is 10.2 Å². The Bertz CT molecular complexity index is 1530. The minimum atomic E-state index is -0.798. The Hall–Kier alpha value is -5.54. The quantitative estimate of drug-likeness (QED) is 0.163. The first-order valence-corrected chi connectivity index (χ1v) is 12.7. The van der Waals surface area contributed by atoms with E-state index in [1.54, 1.807) is 36.7 Å². The molecule has 0 fully saturated rings. The highest BCUT2D eigenvalue weighted by molar-refractivity contribution is 6.31. The van der Waals surface area contributed by atoms with E-state index < -0.39 is 11.8 Å². The lowest BCUT2D eigenvalue weighted by Crippen LogP contribution is -2.25. The predicted octanol–water partition coefficient (Wildman–Crippen LogP) is 3.64. The summed E-state index contributed by atoms with van der Waals surface area (Å²) in [6.07, 6.45) is 3.24. The van der Waals surface area contributed by atoms with Crippen LogP contribution in [0.25, 0.3) is 0 Å². The van der Waals surface area contributed by atoms with E-state index in [-0.39, 0.29) is 16.4 Å². The van der Waals surface area contributed by atoms with Gasteiger partial charge in [0.05, 0.1) is 22.8 Å². The van der Waals surface area contributed by atoms with Crippen LogP contribution in [0.1, 0.15) is 33.9 Å². The van der Waals surface area contributed by atoms with Gasteiger partial charge >= 0.3 is 0 Å². The van der Waals surface area contributed by atoms with Crippen LogP contribution in [0, 0.1) is 0 Å². The van der Waals surface area contributed by atoms with Crippen LogP contribution in [0.4, 0.5) is 0 Å². The maximum atomic E-state index is 13.0. The van der Waals surface area contributed by atoms with Gasteiger partial charge in [0, 0.05) is 40.3 Å². The molecule has 9 nitrogen and oxygen atoms in total. The molecule has 0 N–H and O–H groups in total. The first-order chi connectivity index (χ1) is 20.1. The first kappa shape index (κ1) is 27.0. The highest BCUT2D eigenvalue weighted by Gasteiger charge is 2.10. The summed E-state index contributed by atoms with van der Waals surface area (Å²) in [7, 11) is 0. The van der Waals surface area contributed by atoms with Crippen LogP contribution in [0.5, 0.6) is 0 Å². The van der Waals surface area contributed by atoms with Gasteiger partial charge in [-0.1, -0.05) is 84.4 Å². The van der Waals surface area contributed by atoms with Crippen molar-refractivity contribution in [1.82, 2.24) is 15.0 Å². The predicted molar refractivity (Wildman–Crippen MR) is 155 cm³/mol. The maximum absolute atomic E-state index is 13.0. The summed E-state index contributed by atoms with van der Waals surface area (Å²) >= 11 is 6.23. The second-order valence-electron chi connectivity index (χ2n) is 8.43. The van der Waals surface area contributed by atoms with Gasteiger partial charge < -0.3 is 10.2 Å². The molecule has 3 heterocycles. The molecule has 10 heteroatoms. The van der Waals surface area contributed by atoms with Crippen molar-refractivity contribution < 1.29 is 10.2 Å². The molecule has 0 atom stereocenters. The monoisotopic (exact) mass is 557 g/mol. The zero-order valence-electron chi connectivity index (χ0n) is 21.4. The Kier molecular flexibility index (Phi) is 8.58. The molecule has 0 aliphatic carbocycles. The molecule has 0 saturated carbocycles. The normalized spacial score (nSPS) is 12.8. The van der Waals surface area contributed by atoms with Gasteiger partial charge in [-0.2, -0.15) is 10.2 Å². The van der Waals surface area contributed by atoms with Gasteiger partial charge in [0.25, 0.3) is 0 Å². The van der Waals surface area contributed by atoms with Crippen molar-refractivity contribution in [3.8, 4) is 0 Å². The van der Waals surface area contributed by atoms with E-state index in [4.69, 9.17) is 11.6 Å². The van der Waals surface area contributed by atoms with Crippen LogP contribution in [-0.2, 0) is 0 Å². The summed E-state index contributed by atoms with van der Waals surface area (Å²) in [6, 6.07) is 31.7. The molecule has 0 spiro atoms. The average molecular weight is 558 g/mol. The van der Waals surface area contributed by atoms with Gasteiger partial charge in [-0.25, -0.2) is 4.98 Å². The van der Waals surface area contributed by atoms with Crippen molar-refractivity contribution in [3.63, 3.8) is 0 Å².